The van der Waals surface area contributed by atoms with Crippen LogP contribution in [0.5, 0.6) is 0 Å². The first kappa shape index (κ1) is 12.0. The number of halogens is 2. The number of piperidine rings is 1. The van der Waals surface area contributed by atoms with Gasteiger partial charge in [0.15, 0.2) is 5.17 Å². The van der Waals surface area contributed by atoms with Gasteiger partial charge in [0.05, 0.1) is 6.04 Å². The van der Waals surface area contributed by atoms with Crippen LogP contribution >= 0.6 is 11.8 Å². The first-order valence-electron chi connectivity index (χ1n) is 5.96. The van der Waals surface area contributed by atoms with Crippen LogP contribution in [0.4, 0.5) is 8.78 Å². The Balaban J connectivity index is 1.98. The third kappa shape index (κ3) is 1.81. The second-order valence-corrected chi connectivity index (χ2v) is 5.73. The molecule has 1 aromatic carbocycles. The zero-order valence-corrected chi connectivity index (χ0v) is 10.8. The molecule has 0 aromatic heterocycles. The van der Waals surface area contributed by atoms with Gasteiger partial charge >= 0.3 is 0 Å². The summed E-state index contributed by atoms with van der Waals surface area (Å²) in [6.45, 7) is 0.797. The molecular formula is C13H14F2N2S. The van der Waals surface area contributed by atoms with E-state index >= 15 is 0 Å². The van der Waals surface area contributed by atoms with Gasteiger partial charge in [0.25, 0.3) is 0 Å². The summed E-state index contributed by atoms with van der Waals surface area (Å²) in [7, 11) is 0. The molecule has 1 saturated heterocycles. The maximum atomic E-state index is 13.9. The third-order valence-corrected chi connectivity index (χ3v) is 4.50. The molecule has 1 heterocycles. The minimum absolute atomic E-state index is 0.161. The number of hydrogen-bond acceptors (Lipinski definition) is 2. The average molecular weight is 268 g/mol. The Morgan fingerprint density at radius 3 is 2.94 bits per heavy atom. The minimum atomic E-state index is -0.411. The van der Waals surface area contributed by atoms with Crippen molar-refractivity contribution in [3.8, 4) is 0 Å². The van der Waals surface area contributed by atoms with Gasteiger partial charge in [-0.05, 0) is 42.7 Å². The van der Waals surface area contributed by atoms with Gasteiger partial charge in [-0.1, -0.05) is 11.8 Å². The average Bonchev–Trinajstić information content (AvgIpc) is 3.03. The van der Waals surface area contributed by atoms with Gasteiger partial charge in [-0.25, -0.2) is 8.78 Å². The second kappa shape index (κ2) is 4.23. The molecule has 0 radical (unpaired) electrons. The Labute approximate surface area is 109 Å². The standard InChI is InChI=1S/C13H14F2N2S/c1-18-13(16)17-6-7-4-9(7)12(17)10-5-8(14)2-3-11(10)15/h2-3,5,7,9,12,16H,4,6H2,1H3. The smallest absolute Gasteiger partial charge is 0.156 e. The monoisotopic (exact) mass is 268 g/mol. The van der Waals surface area contributed by atoms with E-state index in [1.807, 2.05) is 11.2 Å². The van der Waals surface area contributed by atoms with Crippen LogP contribution < -0.4 is 0 Å². The summed E-state index contributed by atoms with van der Waals surface area (Å²) in [4.78, 5) is 1.90. The molecule has 1 saturated carbocycles. The number of nitrogens with zero attached hydrogens (tertiary/aromatic N) is 1. The van der Waals surface area contributed by atoms with Gasteiger partial charge < -0.3 is 4.90 Å². The van der Waals surface area contributed by atoms with Gasteiger partial charge in [-0.2, -0.15) is 0 Å². The largest absolute Gasteiger partial charge is 0.344 e. The van der Waals surface area contributed by atoms with Crippen LogP contribution in [0.15, 0.2) is 18.2 Å². The van der Waals surface area contributed by atoms with Crippen molar-refractivity contribution in [3.05, 3.63) is 35.4 Å². The molecule has 0 amide bonds. The van der Waals surface area contributed by atoms with Crippen molar-refractivity contribution in [2.24, 2.45) is 11.8 Å². The molecule has 3 rings (SSSR count). The van der Waals surface area contributed by atoms with Crippen LogP contribution in [0.3, 0.4) is 0 Å². The zero-order valence-electron chi connectivity index (χ0n) is 9.99. The van der Waals surface area contributed by atoms with Gasteiger partial charge in [0.1, 0.15) is 11.6 Å². The number of amidine groups is 1. The zero-order chi connectivity index (χ0) is 12.9. The van der Waals surface area contributed by atoms with Crippen molar-refractivity contribution in [2.45, 2.75) is 12.5 Å². The molecule has 2 nitrogen and oxygen atoms in total. The highest BCUT2D eigenvalue weighted by Crippen LogP contribution is 2.57. The highest BCUT2D eigenvalue weighted by atomic mass is 32.2. The first-order chi connectivity index (χ1) is 8.61. The summed E-state index contributed by atoms with van der Waals surface area (Å²) < 4.78 is 27.2. The number of nitrogens with one attached hydrogen (secondary N) is 1. The summed E-state index contributed by atoms with van der Waals surface area (Å²) in [5.74, 6) is 0.151. The van der Waals surface area contributed by atoms with Gasteiger partial charge in [0, 0.05) is 12.1 Å². The normalized spacial score (nSPS) is 29.3. The van der Waals surface area contributed by atoms with Crippen molar-refractivity contribution < 1.29 is 8.78 Å². The third-order valence-electron chi connectivity index (χ3n) is 3.88. The minimum Gasteiger partial charge on any atom is -0.344 e. The molecule has 0 spiro atoms. The highest BCUT2D eigenvalue weighted by molar-refractivity contribution is 8.13. The van der Waals surface area contributed by atoms with E-state index in [-0.39, 0.29) is 11.9 Å². The number of rotatable bonds is 1. The molecule has 2 aliphatic rings. The fourth-order valence-corrected chi connectivity index (χ4v) is 3.35. The topological polar surface area (TPSA) is 27.1 Å². The summed E-state index contributed by atoms with van der Waals surface area (Å²) in [5.41, 5.74) is 0.402. The Kier molecular flexibility index (Phi) is 2.81. The van der Waals surface area contributed by atoms with Gasteiger partial charge in [-0.15, -0.1) is 0 Å². The van der Waals surface area contributed by atoms with Gasteiger partial charge in [0.2, 0.25) is 0 Å². The number of fused-ring (bicyclic) bond motifs is 1. The Morgan fingerprint density at radius 2 is 2.22 bits per heavy atom. The Bertz CT molecular complexity index is 506. The molecule has 1 N–H and O–H groups in total. The van der Waals surface area contributed by atoms with E-state index in [2.05, 4.69) is 0 Å². The van der Waals surface area contributed by atoms with Crippen molar-refractivity contribution in [3.63, 3.8) is 0 Å². The predicted octanol–water partition coefficient (Wildman–Crippen LogP) is 3.26. The maximum absolute atomic E-state index is 13.9. The predicted molar refractivity (Wildman–Crippen MR) is 68.6 cm³/mol. The summed E-state index contributed by atoms with van der Waals surface area (Å²) in [5, 5.41) is 8.36. The molecule has 1 aromatic rings. The molecule has 1 aliphatic heterocycles. The highest BCUT2D eigenvalue weighted by Gasteiger charge is 2.54. The fourth-order valence-electron chi connectivity index (χ4n) is 2.93. The summed E-state index contributed by atoms with van der Waals surface area (Å²) >= 11 is 1.35. The molecule has 3 unspecified atom stereocenters. The van der Waals surface area contributed by atoms with Crippen LogP contribution in [-0.2, 0) is 0 Å². The number of likely N-dealkylation sites (tertiary alicyclic amines) is 1. The molecular weight excluding hydrogens is 254 g/mol. The first-order valence-corrected chi connectivity index (χ1v) is 7.18. The lowest BCUT2D eigenvalue weighted by Gasteiger charge is -2.29. The maximum Gasteiger partial charge on any atom is 0.156 e. The number of thioether (sulfide) groups is 1. The molecule has 5 heteroatoms. The fraction of sp³-hybridized carbons (Fsp3) is 0.462. The quantitative estimate of drug-likeness (QED) is 0.625. The summed E-state index contributed by atoms with van der Waals surface area (Å²) in [6, 6.07) is 3.44. The van der Waals surface area contributed by atoms with Crippen LogP contribution in [0.1, 0.15) is 18.0 Å². The van der Waals surface area contributed by atoms with E-state index in [1.54, 1.807) is 0 Å². The molecule has 3 atom stereocenters. The van der Waals surface area contributed by atoms with E-state index in [0.717, 1.165) is 19.0 Å². The molecule has 18 heavy (non-hydrogen) atoms. The van der Waals surface area contributed by atoms with Crippen molar-refractivity contribution in [2.75, 3.05) is 12.8 Å². The molecule has 2 fully saturated rings. The van der Waals surface area contributed by atoms with Crippen LogP contribution in [-0.4, -0.2) is 22.9 Å². The van der Waals surface area contributed by atoms with Crippen molar-refractivity contribution in [1.82, 2.24) is 4.90 Å². The lowest BCUT2D eigenvalue weighted by Crippen LogP contribution is -2.31. The molecule has 0 bridgehead atoms. The SMILES string of the molecule is CSC(=N)N1CC2CC2C1c1cc(F)ccc1F. The van der Waals surface area contributed by atoms with Crippen LogP contribution in [0, 0.1) is 28.9 Å². The molecule has 1 aliphatic carbocycles. The Hall–Kier alpha value is -1.10. The lowest BCUT2D eigenvalue weighted by molar-refractivity contribution is 0.341. The second-order valence-electron chi connectivity index (χ2n) is 4.93. The Morgan fingerprint density at radius 1 is 1.44 bits per heavy atom. The van der Waals surface area contributed by atoms with Crippen LogP contribution in [0.25, 0.3) is 0 Å². The van der Waals surface area contributed by atoms with E-state index < -0.39 is 5.82 Å². The summed E-state index contributed by atoms with van der Waals surface area (Å²) in [6.07, 6.45) is 2.91. The van der Waals surface area contributed by atoms with Crippen LogP contribution in [0.2, 0.25) is 0 Å². The number of benzene rings is 1. The van der Waals surface area contributed by atoms with Crippen molar-refractivity contribution >= 4 is 16.9 Å². The van der Waals surface area contributed by atoms with Gasteiger partial charge in [-0.3, -0.25) is 5.41 Å². The lowest BCUT2D eigenvalue weighted by atomic mass is 10.0. The van der Waals surface area contributed by atoms with E-state index in [1.165, 1.54) is 23.9 Å². The van der Waals surface area contributed by atoms with Crippen molar-refractivity contribution in [1.29, 1.82) is 5.41 Å². The molecule has 96 valence electrons. The van der Waals surface area contributed by atoms with E-state index in [9.17, 15) is 8.78 Å². The van der Waals surface area contributed by atoms with E-state index in [0.29, 0.717) is 22.6 Å². The number of hydrogen-bond donors (Lipinski definition) is 1. The van der Waals surface area contributed by atoms with E-state index in [4.69, 9.17) is 5.41 Å².